The first kappa shape index (κ1) is 17.1. The fourth-order valence-corrected chi connectivity index (χ4v) is 3.69. The molecule has 0 saturated carbocycles. The van der Waals surface area contributed by atoms with Crippen molar-refractivity contribution in [1.82, 2.24) is 14.6 Å². The van der Waals surface area contributed by atoms with Gasteiger partial charge in [0.25, 0.3) is 10.0 Å². The molecule has 0 bridgehead atoms. The molecular formula is C8H9ClF3N3O3S2. The van der Waals surface area contributed by atoms with Crippen molar-refractivity contribution in [3.63, 3.8) is 0 Å². The molecule has 0 spiro atoms. The Morgan fingerprint density at radius 1 is 1.55 bits per heavy atom. The van der Waals surface area contributed by atoms with E-state index in [9.17, 15) is 26.4 Å². The summed E-state index contributed by atoms with van der Waals surface area (Å²) in [7, 11) is -2.94. The molecule has 0 aromatic carbocycles. The van der Waals surface area contributed by atoms with E-state index in [-0.39, 0.29) is 8.68 Å². The number of hydrogen-bond acceptors (Lipinski definition) is 5. The quantitative estimate of drug-likeness (QED) is 0.861. The zero-order chi connectivity index (χ0) is 15.6. The molecule has 1 aromatic heterocycles. The van der Waals surface area contributed by atoms with Gasteiger partial charge >= 0.3 is 6.18 Å². The summed E-state index contributed by atoms with van der Waals surface area (Å²) in [6.45, 7) is -2.26. The summed E-state index contributed by atoms with van der Waals surface area (Å²) in [6.07, 6.45) is -3.55. The molecular weight excluding hydrogens is 343 g/mol. The van der Waals surface area contributed by atoms with Gasteiger partial charge in [0.05, 0.1) is 12.7 Å². The minimum atomic E-state index is -4.56. The third kappa shape index (κ3) is 4.89. The Kier molecular flexibility index (Phi) is 5.35. The van der Waals surface area contributed by atoms with Crippen LogP contribution in [0.5, 0.6) is 0 Å². The van der Waals surface area contributed by atoms with Gasteiger partial charge in [-0.2, -0.15) is 17.5 Å². The van der Waals surface area contributed by atoms with E-state index in [1.165, 1.54) is 0 Å². The van der Waals surface area contributed by atoms with E-state index in [0.717, 1.165) is 13.2 Å². The fourth-order valence-electron chi connectivity index (χ4n) is 1.05. The monoisotopic (exact) mass is 351 g/mol. The predicted octanol–water partition coefficient (Wildman–Crippen LogP) is 1.10. The van der Waals surface area contributed by atoms with Gasteiger partial charge in [-0.1, -0.05) is 22.9 Å². The third-order valence-electron chi connectivity index (χ3n) is 1.97. The predicted molar refractivity (Wildman–Crippen MR) is 66.0 cm³/mol. The Labute approximate surface area is 121 Å². The van der Waals surface area contributed by atoms with Gasteiger partial charge in [-0.25, -0.2) is 13.4 Å². The van der Waals surface area contributed by atoms with Crippen LogP contribution in [0.15, 0.2) is 10.4 Å². The number of carbonyl (C=O) groups excluding carboxylic acids is 1. The van der Waals surface area contributed by atoms with Crippen molar-refractivity contribution in [3.05, 3.63) is 10.7 Å². The molecule has 0 aliphatic rings. The van der Waals surface area contributed by atoms with E-state index in [2.05, 4.69) is 4.98 Å². The topological polar surface area (TPSA) is 79.4 Å². The van der Waals surface area contributed by atoms with Crippen LogP contribution in [0, 0.1) is 0 Å². The number of rotatable bonds is 5. The minimum absolute atomic E-state index is 0.00139. The number of nitrogens with zero attached hydrogens (tertiary/aromatic N) is 2. The van der Waals surface area contributed by atoms with Crippen LogP contribution in [-0.4, -0.2) is 49.9 Å². The van der Waals surface area contributed by atoms with Crippen molar-refractivity contribution in [3.8, 4) is 0 Å². The van der Waals surface area contributed by atoms with E-state index < -0.39 is 35.2 Å². The number of hydrogen-bond donors (Lipinski definition) is 1. The zero-order valence-electron chi connectivity index (χ0n) is 9.94. The highest BCUT2D eigenvalue weighted by Crippen LogP contribution is 2.24. The van der Waals surface area contributed by atoms with E-state index in [1.807, 2.05) is 0 Å². The Morgan fingerprint density at radius 2 is 2.15 bits per heavy atom. The average molecular weight is 352 g/mol. The molecule has 20 heavy (non-hydrogen) atoms. The highest BCUT2D eigenvalue weighted by Gasteiger charge is 2.29. The maximum absolute atomic E-state index is 11.9. The molecule has 6 nitrogen and oxygen atoms in total. The number of aromatic nitrogens is 1. The molecule has 12 heteroatoms. The second-order valence-corrected chi connectivity index (χ2v) is 7.47. The first-order valence-corrected chi connectivity index (χ1v) is 7.57. The Morgan fingerprint density at radius 3 is 2.60 bits per heavy atom. The van der Waals surface area contributed by atoms with Gasteiger partial charge in [-0.15, -0.1) is 0 Å². The summed E-state index contributed by atoms with van der Waals surface area (Å²) in [5.74, 6) is -1.07. The van der Waals surface area contributed by atoms with Gasteiger partial charge in [-0.05, 0) is 0 Å². The molecule has 1 N–H and O–H groups in total. The first-order valence-electron chi connectivity index (χ1n) is 4.93. The maximum Gasteiger partial charge on any atom is 0.405 e. The van der Waals surface area contributed by atoms with Gasteiger partial charge in [-0.3, -0.25) is 4.79 Å². The second-order valence-electron chi connectivity index (χ2n) is 3.59. The zero-order valence-corrected chi connectivity index (χ0v) is 12.3. The van der Waals surface area contributed by atoms with Crippen LogP contribution in [0.2, 0.25) is 4.47 Å². The van der Waals surface area contributed by atoms with Gasteiger partial charge in [0.2, 0.25) is 5.91 Å². The standard InChI is InChI=1S/C8H9ClF3N3O3S2/c1-15(3-5(16)14-4-8(10,11)12)20(17,18)6-2-13-7(9)19-6/h2H,3-4H2,1H3,(H,14,16). The fraction of sp³-hybridized carbons (Fsp3) is 0.500. The van der Waals surface area contributed by atoms with Crippen LogP contribution in [0.25, 0.3) is 0 Å². The molecule has 0 radical (unpaired) electrons. The van der Waals surface area contributed by atoms with E-state index in [0.29, 0.717) is 15.6 Å². The van der Waals surface area contributed by atoms with Crippen LogP contribution in [0.1, 0.15) is 0 Å². The van der Waals surface area contributed by atoms with Gasteiger partial charge < -0.3 is 5.32 Å². The number of carbonyl (C=O) groups is 1. The second kappa shape index (κ2) is 6.24. The van der Waals surface area contributed by atoms with Gasteiger partial charge in [0.1, 0.15) is 6.54 Å². The Balaban J connectivity index is 2.66. The molecule has 1 amide bonds. The maximum atomic E-state index is 11.9. The lowest BCUT2D eigenvalue weighted by Gasteiger charge is -2.15. The van der Waals surface area contributed by atoms with Crippen molar-refractivity contribution < 1.29 is 26.4 Å². The highest BCUT2D eigenvalue weighted by molar-refractivity contribution is 7.91. The van der Waals surface area contributed by atoms with Crippen LogP contribution in [0.3, 0.4) is 0 Å². The van der Waals surface area contributed by atoms with E-state index in [1.54, 1.807) is 5.32 Å². The number of nitrogens with one attached hydrogen (secondary N) is 1. The first-order chi connectivity index (χ1) is 9.02. The third-order valence-corrected chi connectivity index (χ3v) is 5.33. The molecule has 114 valence electrons. The number of alkyl halides is 3. The van der Waals surface area contributed by atoms with E-state index >= 15 is 0 Å². The molecule has 1 heterocycles. The lowest BCUT2D eigenvalue weighted by atomic mass is 10.5. The summed E-state index contributed by atoms with van der Waals surface area (Å²) in [5.41, 5.74) is 0. The summed E-state index contributed by atoms with van der Waals surface area (Å²) in [4.78, 5) is 14.8. The van der Waals surface area contributed by atoms with Crippen molar-refractivity contribution in [1.29, 1.82) is 0 Å². The lowest BCUT2D eigenvalue weighted by molar-refractivity contribution is -0.138. The molecule has 0 saturated heterocycles. The normalized spacial score (nSPS) is 12.7. The Hall–Kier alpha value is -0.910. The summed E-state index contributed by atoms with van der Waals surface area (Å²) in [6, 6.07) is 0. The van der Waals surface area contributed by atoms with Crippen molar-refractivity contribution in [2.75, 3.05) is 20.1 Å². The number of sulfonamides is 1. The van der Waals surface area contributed by atoms with Crippen molar-refractivity contribution in [2.24, 2.45) is 0 Å². The lowest BCUT2D eigenvalue weighted by Crippen LogP contribution is -2.41. The molecule has 0 unspecified atom stereocenters. The summed E-state index contributed by atoms with van der Waals surface area (Å²) < 4.78 is 59.9. The van der Waals surface area contributed by atoms with E-state index in [4.69, 9.17) is 11.6 Å². The van der Waals surface area contributed by atoms with Crippen LogP contribution in [-0.2, 0) is 14.8 Å². The number of likely N-dealkylation sites (N-methyl/N-ethyl adjacent to an activating group) is 1. The Bertz CT molecular complexity index is 587. The van der Waals surface area contributed by atoms with Gasteiger partial charge in [0.15, 0.2) is 8.68 Å². The molecule has 0 aliphatic heterocycles. The number of amides is 1. The highest BCUT2D eigenvalue weighted by atomic mass is 35.5. The smallest absolute Gasteiger partial charge is 0.346 e. The molecule has 1 aromatic rings. The van der Waals surface area contributed by atoms with Crippen LogP contribution < -0.4 is 5.32 Å². The molecule has 1 rings (SSSR count). The molecule has 0 aliphatic carbocycles. The minimum Gasteiger partial charge on any atom is -0.346 e. The number of thiazole rings is 1. The number of halogens is 4. The molecule has 0 atom stereocenters. The van der Waals surface area contributed by atoms with Crippen molar-refractivity contribution in [2.45, 2.75) is 10.4 Å². The van der Waals surface area contributed by atoms with Crippen LogP contribution in [0.4, 0.5) is 13.2 Å². The molecule has 0 fully saturated rings. The van der Waals surface area contributed by atoms with Crippen molar-refractivity contribution >= 4 is 38.9 Å². The SMILES string of the molecule is CN(CC(=O)NCC(F)(F)F)S(=O)(=O)c1cnc(Cl)s1. The summed E-state index contributed by atoms with van der Waals surface area (Å²) >= 11 is 6.18. The van der Waals surface area contributed by atoms with Gasteiger partial charge in [0, 0.05) is 7.05 Å². The van der Waals surface area contributed by atoms with Crippen LogP contribution >= 0.6 is 22.9 Å². The largest absolute Gasteiger partial charge is 0.405 e. The summed E-state index contributed by atoms with van der Waals surface area (Å²) in [5, 5.41) is 1.57. The average Bonchev–Trinajstić information content (AvgIpc) is 2.73.